The molecule has 144 valence electrons. The van der Waals surface area contributed by atoms with Gasteiger partial charge in [0.1, 0.15) is 6.04 Å². The minimum Gasteiger partial charge on any atom is -0.390 e. The van der Waals surface area contributed by atoms with Crippen LogP contribution in [0, 0.1) is 40.4 Å². The number of carbonyl (C=O) groups is 1. The van der Waals surface area contributed by atoms with Crippen LogP contribution in [0.5, 0.6) is 0 Å². The van der Waals surface area contributed by atoms with E-state index in [-0.39, 0.29) is 23.4 Å². The first-order chi connectivity index (χ1) is 12.2. The topological polar surface area (TPSA) is 90.3 Å². The highest BCUT2D eigenvalue weighted by atomic mass is 16.3. The number of nitriles is 1. The van der Waals surface area contributed by atoms with Gasteiger partial charge in [0.15, 0.2) is 0 Å². The Labute approximate surface area is 156 Å². The average Bonchev–Trinajstić information content (AvgIpc) is 3.03. The fourth-order valence-electron chi connectivity index (χ4n) is 7.05. The number of carbonyl (C=O) groups excluding carboxylic acids is 1. The zero-order valence-corrected chi connectivity index (χ0v) is 16.3. The van der Waals surface area contributed by atoms with Crippen molar-refractivity contribution in [2.75, 3.05) is 0 Å². The van der Waals surface area contributed by atoms with Crippen LogP contribution in [-0.2, 0) is 4.79 Å². The van der Waals surface area contributed by atoms with Crippen molar-refractivity contribution in [2.24, 2.45) is 34.8 Å². The van der Waals surface area contributed by atoms with Crippen molar-refractivity contribution in [2.45, 2.75) is 89.4 Å². The Balaban J connectivity index is 1.61. The van der Waals surface area contributed by atoms with Crippen molar-refractivity contribution < 1.29 is 9.90 Å². The van der Waals surface area contributed by atoms with Gasteiger partial charge in [-0.25, -0.2) is 0 Å². The predicted molar refractivity (Wildman–Crippen MR) is 98.7 cm³/mol. The van der Waals surface area contributed by atoms with Crippen molar-refractivity contribution >= 4 is 5.91 Å². The van der Waals surface area contributed by atoms with Gasteiger partial charge >= 0.3 is 0 Å². The molecule has 2 bridgehead atoms. The van der Waals surface area contributed by atoms with Gasteiger partial charge in [0.2, 0.25) is 5.91 Å². The van der Waals surface area contributed by atoms with Crippen molar-refractivity contribution in [1.29, 1.82) is 5.26 Å². The molecule has 0 spiro atoms. The Morgan fingerprint density at radius 2 is 2.12 bits per heavy atom. The monoisotopic (exact) mass is 359 g/mol. The molecule has 0 aromatic rings. The zero-order chi connectivity index (χ0) is 18.9. The maximum absolute atomic E-state index is 13.5. The lowest BCUT2D eigenvalue weighted by molar-refractivity contribution is -0.147. The van der Waals surface area contributed by atoms with E-state index in [0.29, 0.717) is 30.1 Å². The lowest BCUT2D eigenvalue weighted by Gasteiger charge is -2.55. The molecule has 0 radical (unpaired) electrons. The lowest BCUT2D eigenvalue weighted by atomic mass is 9.52. The van der Waals surface area contributed by atoms with Crippen LogP contribution in [0.4, 0.5) is 0 Å². The van der Waals surface area contributed by atoms with Gasteiger partial charge in [-0.15, -0.1) is 0 Å². The van der Waals surface area contributed by atoms with Crippen molar-refractivity contribution in [3.05, 3.63) is 0 Å². The van der Waals surface area contributed by atoms with Crippen molar-refractivity contribution in [1.82, 2.24) is 4.90 Å². The predicted octanol–water partition coefficient (Wildman–Crippen LogP) is 2.43. The summed E-state index contributed by atoms with van der Waals surface area (Å²) in [5, 5.41) is 20.4. The number of nitrogens with zero attached hydrogens (tertiary/aromatic N) is 2. The quantitative estimate of drug-likeness (QED) is 0.810. The number of fused-ring (bicyclic) bond motifs is 3. The summed E-state index contributed by atoms with van der Waals surface area (Å²) in [6, 6.07) is 1.61. The molecule has 26 heavy (non-hydrogen) atoms. The first-order valence-electron chi connectivity index (χ1n) is 10.4. The molecule has 3 aliphatic carbocycles. The van der Waals surface area contributed by atoms with E-state index >= 15 is 0 Å². The maximum atomic E-state index is 13.5. The molecular formula is C21H33N3O2. The molecule has 5 heteroatoms. The maximum Gasteiger partial charge on any atom is 0.241 e. The molecule has 3 saturated carbocycles. The van der Waals surface area contributed by atoms with Gasteiger partial charge in [-0.2, -0.15) is 5.26 Å². The van der Waals surface area contributed by atoms with Crippen molar-refractivity contribution in [3.63, 3.8) is 0 Å². The minimum absolute atomic E-state index is 0.0402. The minimum atomic E-state index is -0.741. The van der Waals surface area contributed by atoms with E-state index < -0.39 is 11.6 Å². The first-order valence-corrected chi connectivity index (χ1v) is 10.4. The molecule has 0 aromatic heterocycles. The van der Waals surface area contributed by atoms with Crippen LogP contribution in [-0.4, -0.2) is 39.6 Å². The summed E-state index contributed by atoms with van der Waals surface area (Å²) in [4.78, 5) is 15.3. The Bertz CT molecular complexity index is 642. The number of likely N-dealkylation sites (tertiary alicyclic amines) is 1. The number of aliphatic hydroxyl groups is 1. The van der Waals surface area contributed by atoms with Crippen LogP contribution in [0.25, 0.3) is 0 Å². The molecule has 1 amide bonds. The van der Waals surface area contributed by atoms with Gasteiger partial charge in [0, 0.05) is 6.04 Å². The number of hydrogen-bond acceptors (Lipinski definition) is 4. The highest BCUT2D eigenvalue weighted by molar-refractivity contribution is 5.84. The van der Waals surface area contributed by atoms with E-state index in [9.17, 15) is 15.2 Å². The highest BCUT2D eigenvalue weighted by Crippen LogP contribution is 2.58. The molecule has 1 heterocycles. The van der Waals surface area contributed by atoms with Crippen LogP contribution in [0.2, 0.25) is 0 Å². The zero-order valence-electron chi connectivity index (χ0n) is 16.3. The third-order valence-corrected chi connectivity index (χ3v) is 8.09. The number of nitrogens with two attached hydrogens (primary N) is 1. The first kappa shape index (κ1) is 18.3. The molecule has 9 unspecified atom stereocenters. The Hall–Kier alpha value is -1.12. The number of rotatable bonds is 3. The Kier molecular flexibility index (Phi) is 4.17. The van der Waals surface area contributed by atoms with E-state index in [1.165, 1.54) is 0 Å². The number of amides is 1. The number of hydrogen-bond donors (Lipinski definition) is 2. The molecule has 4 fully saturated rings. The molecule has 9 atom stereocenters. The van der Waals surface area contributed by atoms with Gasteiger partial charge in [0.05, 0.1) is 17.7 Å². The van der Waals surface area contributed by atoms with E-state index in [2.05, 4.69) is 19.9 Å². The van der Waals surface area contributed by atoms with Gasteiger partial charge in [-0.1, -0.05) is 20.3 Å². The second kappa shape index (κ2) is 5.94. The summed E-state index contributed by atoms with van der Waals surface area (Å²) in [6.45, 7) is 6.29. The SMILES string of the molecule is CCC1CC2CC(C)(O)CC(C(N)C(=O)N3C(C#N)CC4C(C)C43)(C1)C2. The van der Waals surface area contributed by atoms with E-state index in [0.717, 1.165) is 38.5 Å². The van der Waals surface area contributed by atoms with Gasteiger partial charge < -0.3 is 15.7 Å². The normalized spacial score (nSPS) is 50.7. The third kappa shape index (κ3) is 2.68. The molecule has 1 aliphatic heterocycles. The molecular weight excluding hydrogens is 326 g/mol. The van der Waals surface area contributed by atoms with Crippen LogP contribution in [0.3, 0.4) is 0 Å². The standard InChI is InChI=1S/C21H33N3O2/c1-4-13-5-14-7-20(3,26)11-21(8-13,9-14)18(23)19(25)24-15(10-22)6-16-12(2)17(16)24/h12-18,26H,4-9,11,23H2,1-3H3. The largest absolute Gasteiger partial charge is 0.390 e. The smallest absolute Gasteiger partial charge is 0.241 e. The molecule has 3 N–H and O–H groups in total. The van der Waals surface area contributed by atoms with Crippen LogP contribution < -0.4 is 5.73 Å². The summed E-state index contributed by atoms with van der Waals surface area (Å²) in [5.74, 6) is 1.97. The van der Waals surface area contributed by atoms with Crippen LogP contribution >= 0.6 is 0 Å². The van der Waals surface area contributed by atoms with E-state index in [1.54, 1.807) is 0 Å². The molecule has 4 aliphatic rings. The summed E-state index contributed by atoms with van der Waals surface area (Å²) in [5.41, 5.74) is 5.62. The van der Waals surface area contributed by atoms with Crippen LogP contribution in [0.15, 0.2) is 0 Å². The third-order valence-electron chi connectivity index (χ3n) is 8.09. The average molecular weight is 360 g/mol. The highest BCUT2D eigenvalue weighted by Gasteiger charge is 2.62. The fourth-order valence-corrected chi connectivity index (χ4v) is 7.05. The molecule has 5 nitrogen and oxygen atoms in total. The van der Waals surface area contributed by atoms with Crippen molar-refractivity contribution in [3.8, 4) is 6.07 Å². The van der Waals surface area contributed by atoms with Crippen LogP contribution in [0.1, 0.15) is 65.7 Å². The van der Waals surface area contributed by atoms with Gasteiger partial charge in [-0.05, 0) is 74.5 Å². The second-order valence-electron chi connectivity index (χ2n) is 10.1. The van der Waals surface area contributed by atoms with E-state index in [4.69, 9.17) is 5.73 Å². The molecule has 1 saturated heterocycles. The summed E-state index contributed by atoms with van der Waals surface area (Å²) in [7, 11) is 0. The second-order valence-corrected chi connectivity index (χ2v) is 10.1. The Morgan fingerprint density at radius 3 is 2.77 bits per heavy atom. The molecule has 4 rings (SSSR count). The Morgan fingerprint density at radius 1 is 1.38 bits per heavy atom. The number of piperidine rings is 1. The lowest BCUT2D eigenvalue weighted by Crippen LogP contribution is -2.61. The summed E-state index contributed by atoms with van der Waals surface area (Å²) < 4.78 is 0. The van der Waals surface area contributed by atoms with E-state index in [1.807, 2.05) is 11.8 Å². The summed E-state index contributed by atoms with van der Waals surface area (Å²) >= 11 is 0. The summed E-state index contributed by atoms with van der Waals surface area (Å²) in [6.07, 6.45) is 6.34. The van der Waals surface area contributed by atoms with Gasteiger partial charge in [-0.3, -0.25) is 4.79 Å². The fraction of sp³-hybridized carbons (Fsp3) is 0.905. The molecule has 0 aromatic carbocycles. The van der Waals surface area contributed by atoms with Gasteiger partial charge in [0.25, 0.3) is 0 Å².